The zero-order valence-electron chi connectivity index (χ0n) is 13.2. The zero-order valence-corrected chi connectivity index (χ0v) is 13.2. The number of hydrogen-bond donors (Lipinski definition) is 2. The van der Waals surface area contributed by atoms with Gasteiger partial charge in [-0.05, 0) is 62.7 Å². The second kappa shape index (κ2) is 4.82. The van der Waals surface area contributed by atoms with Gasteiger partial charge in [-0.25, -0.2) is 4.98 Å². The van der Waals surface area contributed by atoms with Crippen LogP contribution in [0.3, 0.4) is 0 Å². The standard InChI is InChI=1S/C17H25N3O2/c1-12(19-15(21)9-20-3-2-18-11-20)16-5-13-4-14(6-16)8-17(22,7-13)10-16/h2-3,11-14,22H,4-10H2,1H3,(H,19,21)/t12-,13-,14+,16?,17?/m0/s1. The van der Waals surface area contributed by atoms with Crippen molar-refractivity contribution < 1.29 is 9.90 Å². The SMILES string of the molecule is C[C@H](NC(=O)Cn1ccnc1)C12C[C@@H]3C[C@@H](CC(O)(C3)C1)C2. The molecule has 5 nitrogen and oxygen atoms in total. The van der Waals surface area contributed by atoms with Gasteiger partial charge in [0.1, 0.15) is 6.54 Å². The first-order valence-corrected chi connectivity index (χ1v) is 8.44. The van der Waals surface area contributed by atoms with Crippen molar-refractivity contribution in [2.24, 2.45) is 17.3 Å². The van der Waals surface area contributed by atoms with E-state index >= 15 is 0 Å². The summed E-state index contributed by atoms with van der Waals surface area (Å²) in [6, 6.07) is 0.126. The molecule has 120 valence electrons. The summed E-state index contributed by atoms with van der Waals surface area (Å²) in [7, 11) is 0. The van der Waals surface area contributed by atoms with Crippen LogP contribution in [0, 0.1) is 17.3 Å². The van der Waals surface area contributed by atoms with E-state index in [4.69, 9.17) is 0 Å². The fourth-order valence-electron chi connectivity index (χ4n) is 5.78. The molecule has 4 bridgehead atoms. The van der Waals surface area contributed by atoms with E-state index in [1.54, 1.807) is 23.3 Å². The fraction of sp³-hybridized carbons (Fsp3) is 0.765. The Kier molecular flexibility index (Phi) is 3.12. The number of carbonyl (C=O) groups excluding carboxylic acids is 1. The number of amides is 1. The van der Waals surface area contributed by atoms with Crippen molar-refractivity contribution >= 4 is 5.91 Å². The summed E-state index contributed by atoms with van der Waals surface area (Å²) in [5, 5.41) is 14.0. The number of rotatable bonds is 4. The second-order valence-corrected chi connectivity index (χ2v) is 8.07. The van der Waals surface area contributed by atoms with E-state index < -0.39 is 5.60 Å². The first kappa shape index (κ1) is 14.2. The van der Waals surface area contributed by atoms with E-state index in [0.717, 1.165) is 19.3 Å². The highest BCUT2D eigenvalue weighted by molar-refractivity contribution is 5.76. The number of nitrogens with one attached hydrogen (secondary N) is 1. The molecule has 2 N–H and O–H groups in total. The van der Waals surface area contributed by atoms with Crippen LogP contribution in [0.5, 0.6) is 0 Å². The van der Waals surface area contributed by atoms with E-state index in [-0.39, 0.29) is 17.4 Å². The summed E-state index contributed by atoms with van der Waals surface area (Å²) in [4.78, 5) is 16.2. The van der Waals surface area contributed by atoms with Gasteiger partial charge in [0, 0.05) is 18.4 Å². The molecule has 0 saturated heterocycles. The summed E-state index contributed by atoms with van der Waals surface area (Å²) in [5.74, 6) is 1.34. The van der Waals surface area contributed by atoms with Crippen molar-refractivity contribution in [2.75, 3.05) is 0 Å². The lowest BCUT2D eigenvalue weighted by atomic mass is 9.46. The molecule has 4 aliphatic rings. The Morgan fingerprint density at radius 2 is 2.14 bits per heavy atom. The van der Waals surface area contributed by atoms with E-state index in [9.17, 15) is 9.90 Å². The maximum Gasteiger partial charge on any atom is 0.240 e. The van der Waals surface area contributed by atoms with Gasteiger partial charge in [0.2, 0.25) is 5.91 Å². The van der Waals surface area contributed by atoms with Crippen molar-refractivity contribution in [3.8, 4) is 0 Å². The smallest absolute Gasteiger partial charge is 0.240 e. The summed E-state index contributed by atoms with van der Waals surface area (Å²) in [6.45, 7) is 2.44. The summed E-state index contributed by atoms with van der Waals surface area (Å²) >= 11 is 0. The first-order valence-electron chi connectivity index (χ1n) is 8.44. The predicted octanol–water partition coefficient (Wildman–Crippen LogP) is 1.72. The van der Waals surface area contributed by atoms with Crippen molar-refractivity contribution in [3.05, 3.63) is 18.7 Å². The number of nitrogens with zero attached hydrogens (tertiary/aromatic N) is 2. The maximum absolute atomic E-state index is 12.3. The minimum atomic E-state index is -0.465. The van der Waals surface area contributed by atoms with Gasteiger partial charge < -0.3 is 15.0 Å². The molecule has 2 unspecified atom stereocenters. The van der Waals surface area contributed by atoms with Gasteiger partial charge in [-0.1, -0.05) is 0 Å². The molecule has 1 aromatic heterocycles. The van der Waals surface area contributed by atoms with Crippen LogP contribution in [-0.2, 0) is 11.3 Å². The number of aromatic nitrogens is 2. The monoisotopic (exact) mass is 303 g/mol. The summed E-state index contributed by atoms with van der Waals surface area (Å²) < 4.78 is 1.79. The van der Waals surface area contributed by atoms with Crippen LogP contribution in [0.15, 0.2) is 18.7 Å². The van der Waals surface area contributed by atoms with E-state index in [1.807, 2.05) is 0 Å². The highest BCUT2D eigenvalue weighted by Gasteiger charge is 2.58. The lowest BCUT2D eigenvalue weighted by molar-refractivity contribution is -0.173. The van der Waals surface area contributed by atoms with Crippen LogP contribution >= 0.6 is 0 Å². The highest BCUT2D eigenvalue weighted by atomic mass is 16.3. The van der Waals surface area contributed by atoms with Crippen LogP contribution in [0.2, 0.25) is 0 Å². The summed E-state index contributed by atoms with van der Waals surface area (Å²) in [5.41, 5.74) is -0.364. The number of imidazole rings is 1. The van der Waals surface area contributed by atoms with Crippen molar-refractivity contribution in [1.82, 2.24) is 14.9 Å². The molecular weight excluding hydrogens is 278 g/mol. The van der Waals surface area contributed by atoms with Crippen LogP contribution in [0.25, 0.3) is 0 Å². The fourth-order valence-corrected chi connectivity index (χ4v) is 5.78. The van der Waals surface area contributed by atoms with Gasteiger partial charge in [-0.2, -0.15) is 0 Å². The van der Waals surface area contributed by atoms with E-state index in [1.165, 1.54) is 19.3 Å². The second-order valence-electron chi connectivity index (χ2n) is 8.07. The van der Waals surface area contributed by atoms with E-state index in [0.29, 0.717) is 18.4 Å². The molecule has 1 aromatic rings. The third-order valence-electron chi connectivity index (χ3n) is 6.26. The topological polar surface area (TPSA) is 67.2 Å². The number of carbonyl (C=O) groups is 1. The lowest BCUT2D eigenvalue weighted by Crippen LogP contribution is -2.61. The lowest BCUT2D eigenvalue weighted by Gasteiger charge is -2.62. The Bertz CT molecular complexity index is 554. The minimum absolute atomic E-state index is 0.0354. The highest BCUT2D eigenvalue weighted by Crippen LogP contribution is 2.62. The number of hydrogen-bond acceptors (Lipinski definition) is 3. The molecule has 1 heterocycles. The van der Waals surface area contributed by atoms with Crippen molar-refractivity contribution in [1.29, 1.82) is 0 Å². The Hall–Kier alpha value is -1.36. The molecule has 22 heavy (non-hydrogen) atoms. The predicted molar refractivity (Wildman–Crippen MR) is 81.9 cm³/mol. The van der Waals surface area contributed by atoms with Crippen molar-refractivity contribution in [2.45, 2.75) is 63.6 Å². The molecule has 0 aliphatic heterocycles. The largest absolute Gasteiger partial charge is 0.390 e. The molecule has 5 rings (SSSR count). The van der Waals surface area contributed by atoms with E-state index in [2.05, 4.69) is 17.2 Å². The third kappa shape index (κ3) is 2.35. The average Bonchev–Trinajstić information content (AvgIpc) is 2.88. The summed E-state index contributed by atoms with van der Waals surface area (Å²) in [6.07, 6.45) is 11.6. The molecule has 0 radical (unpaired) electrons. The van der Waals surface area contributed by atoms with Gasteiger partial charge in [-0.15, -0.1) is 0 Å². The normalized spacial score (nSPS) is 40.6. The molecule has 5 atom stereocenters. The Labute approximate surface area is 131 Å². The van der Waals surface area contributed by atoms with Crippen molar-refractivity contribution in [3.63, 3.8) is 0 Å². The number of aliphatic hydroxyl groups is 1. The molecule has 0 spiro atoms. The molecule has 4 aliphatic carbocycles. The van der Waals surface area contributed by atoms with Crippen LogP contribution in [-0.4, -0.2) is 32.2 Å². The zero-order chi connectivity index (χ0) is 15.4. The Balaban J connectivity index is 1.46. The van der Waals surface area contributed by atoms with Gasteiger partial charge in [0.05, 0.1) is 11.9 Å². The van der Waals surface area contributed by atoms with Gasteiger partial charge in [0.15, 0.2) is 0 Å². The van der Waals surface area contributed by atoms with Crippen LogP contribution in [0.1, 0.15) is 45.4 Å². The Morgan fingerprint density at radius 1 is 1.41 bits per heavy atom. The molecule has 5 heteroatoms. The molecule has 0 aromatic carbocycles. The first-order chi connectivity index (χ1) is 10.5. The van der Waals surface area contributed by atoms with Gasteiger partial charge in [0.25, 0.3) is 0 Å². The quantitative estimate of drug-likeness (QED) is 0.890. The molecule has 4 saturated carbocycles. The maximum atomic E-state index is 12.3. The third-order valence-corrected chi connectivity index (χ3v) is 6.26. The Morgan fingerprint density at radius 3 is 2.73 bits per heavy atom. The van der Waals surface area contributed by atoms with Crippen LogP contribution in [0.4, 0.5) is 0 Å². The average molecular weight is 303 g/mol. The molecular formula is C17H25N3O2. The minimum Gasteiger partial charge on any atom is -0.390 e. The van der Waals surface area contributed by atoms with Crippen LogP contribution < -0.4 is 5.32 Å². The van der Waals surface area contributed by atoms with Gasteiger partial charge >= 0.3 is 0 Å². The molecule has 1 amide bonds. The van der Waals surface area contributed by atoms with Gasteiger partial charge in [-0.3, -0.25) is 4.79 Å². The molecule has 4 fully saturated rings.